The molecule has 0 bridgehead atoms. The molecular weight excluding hydrogens is 252 g/mol. The third kappa shape index (κ3) is 5.32. The third-order valence-electron chi connectivity index (χ3n) is 2.48. The van der Waals surface area contributed by atoms with Crippen LogP contribution >= 0.6 is 0 Å². The van der Waals surface area contributed by atoms with Gasteiger partial charge in [-0.15, -0.1) is 0 Å². The van der Waals surface area contributed by atoms with E-state index in [1.54, 1.807) is 0 Å². The lowest BCUT2D eigenvalue weighted by atomic mass is 10.3. The van der Waals surface area contributed by atoms with Gasteiger partial charge in [-0.05, 0) is 33.2 Å². The van der Waals surface area contributed by atoms with Crippen molar-refractivity contribution in [1.29, 1.82) is 0 Å². The predicted molar refractivity (Wildman–Crippen MR) is 71.0 cm³/mol. The topological polar surface area (TPSA) is 44.4 Å². The molecule has 0 aliphatic rings. The molecule has 1 atom stereocenters. The van der Waals surface area contributed by atoms with Gasteiger partial charge in [0.2, 0.25) is 5.91 Å². The number of likely N-dealkylation sites (N-methyl/N-ethyl adjacent to an activating group) is 1. The van der Waals surface area contributed by atoms with Crippen LogP contribution < -0.4 is 10.6 Å². The number of hydrogen-bond acceptors (Lipinski definition) is 3. The van der Waals surface area contributed by atoms with Gasteiger partial charge in [0.05, 0.1) is 6.54 Å². The van der Waals surface area contributed by atoms with Crippen molar-refractivity contribution in [1.82, 2.24) is 10.2 Å². The molecule has 0 heterocycles. The molecule has 0 radical (unpaired) electrons. The quantitative estimate of drug-likeness (QED) is 0.823. The Labute approximate surface area is 111 Å². The molecular formula is C13H19F2N3O. The van der Waals surface area contributed by atoms with E-state index < -0.39 is 23.2 Å². The van der Waals surface area contributed by atoms with Crippen molar-refractivity contribution in [3.8, 4) is 0 Å². The van der Waals surface area contributed by atoms with E-state index in [0.717, 1.165) is 18.7 Å². The molecule has 1 rings (SSSR count). The normalized spacial score (nSPS) is 12.5. The molecule has 1 unspecified atom stereocenters. The van der Waals surface area contributed by atoms with Crippen LogP contribution in [0.25, 0.3) is 0 Å². The van der Waals surface area contributed by atoms with Gasteiger partial charge in [-0.1, -0.05) is 6.07 Å². The highest BCUT2D eigenvalue weighted by Gasteiger charge is 2.12. The van der Waals surface area contributed by atoms with Crippen LogP contribution in [0.4, 0.5) is 14.5 Å². The minimum atomic E-state index is -0.783. The number of nitrogens with zero attached hydrogens (tertiary/aromatic N) is 1. The summed E-state index contributed by atoms with van der Waals surface area (Å²) < 4.78 is 26.6. The summed E-state index contributed by atoms with van der Waals surface area (Å²) in [5, 5.41) is 5.20. The lowest BCUT2D eigenvalue weighted by Gasteiger charge is -2.18. The minimum Gasteiger partial charge on any atom is -0.320 e. The summed E-state index contributed by atoms with van der Waals surface area (Å²) in [6, 6.07) is 3.55. The number of anilines is 1. The fourth-order valence-electron chi connectivity index (χ4n) is 1.68. The molecule has 2 N–H and O–H groups in total. The maximum Gasteiger partial charge on any atom is 0.238 e. The van der Waals surface area contributed by atoms with Crippen LogP contribution in [0.2, 0.25) is 0 Å². The first kappa shape index (κ1) is 15.5. The van der Waals surface area contributed by atoms with E-state index in [0.29, 0.717) is 0 Å². The Morgan fingerprint density at radius 1 is 1.32 bits per heavy atom. The van der Waals surface area contributed by atoms with E-state index in [2.05, 4.69) is 10.6 Å². The lowest BCUT2D eigenvalue weighted by molar-refractivity contribution is -0.115. The van der Waals surface area contributed by atoms with Gasteiger partial charge < -0.3 is 15.5 Å². The van der Waals surface area contributed by atoms with E-state index in [4.69, 9.17) is 0 Å². The van der Waals surface area contributed by atoms with Crippen LogP contribution in [-0.2, 0) is 4.79 Å². The number of nitrogens with one attached hydrogen (secondary N) is 2. The minimum absolute atomic E-state index is 0.00276. The first-order chi connectivity index (χ1) is 8.90. The summed E-state index contributed by atoms with van der Waals surface area (Å²) in [4.78, 5) is 13.6. The number of para-hydroxylation sites is 1. The Morgan fingerprint density at radius 2 is 1.89 bits per heavy atom. The monoisotopic (exact) mass is 271 g/mol. The molecule has 4 nitrogen and oxygen atoms in total. The van der Waals surface area contributed by atoms with Gasteiger partial charge >= 0.3 is 0 Å². The van der Waals surface area contributed by atoms with Gasteiger partial charge in [0.15, 0.2) is 0 Å². The van der Waals surface area contributed by atoms with Crippen LogP contribution in [0.5, 0.6) is 0 Å². The van der Waals surface area contributed by atoms with E-state index >= 15 is 0 Å². The van der Waals surface area contributed by atoms with E-state index in [-0.39, 0.29) is 12.6 Å². The molecule has 1 aromatic rings. The molecule has 0 saturated heterocycles. The van der Waals surface area contributed by atoms with Crippen molar-refractivity contribution in [3.05, 3.63) is 29.8 Å². The van der Waals surface area contributed by atoms with Crippen molar-refractivity contribution in [2.75, 3.05) is 32.5 Å². The van der Waals surface area contributed by atoms with Crippen molar-refractivity contribution in [2.24, 2.45) is 0 Å². The SMILES string of the molecule is CC(CN(C)C)NCC(=O)Nc1c(F)cccc1F. The molecule has 19 heavy (non-hydrogen) atoms. The Bertz CT molecular complexity index is 418. The number of hydrogen-bond donors (Lipinski definition) is 2. The smallest absolute Gasteiger partial charge is 0.238 e. The highest BCUT2D eigenvalue weighted by molar-refractivity contribution is 5.92. The maximum absolute atomic E-state index is 13.3. The maximum atomic E-state index is 13.3. The van der Waals surface area contributed by atoms with Gasteiger partial charge in [-0.3, -0.25) is 4.79 Å². The molecule has 106 valence electrons. The van der Waals surface area contributed by atoms with Crippen LogP contribution in [0, 0.1) is 11.6 Å². The second kappa shape index (κ2) is 7.16. The fourth-order valence-corrected chi connectivity index (χ4v) is 1.68. The average molecular weight is 271 g/mol. The zero-order chi connectivity index (χ0) is 14.4. The summed E-state index contributed by atoms with van der Waals surface area (Å²) in [5.41, 5.74) is -0.408. The Kier molecular flexibility index (Phi) is 5.85. The van der Waals surface area contributed by atoms with E-state index in [9.17, 15) is 13.6 Å². The van der Waals surface area contributed by atoms with E-state index in [1.165, 1.54) is 6.07 Å². The predicted octanol–water partition coefficient (Wildman–Crippen LogP) is 1.44. The number of rotatable bonds is 6. The summed E-state index contributed by atoms with van der Waals surface area (Å²) >= 11 is 0. The van der Waals surface area contributed by atoms with Gasteiger partial charge in [0, 0.05) is 12.6 Å². The van der Waals surface area contributed by atoms with Gasteiger partial charge in [0.1, 0.15) is 17.3 Å². The zero-order valence-electron chi connectivity index (χ0n) is 11.3. The van der Waals surface area contributed by atoms with Crippen molar-refractivity contribution >= 4 is 11.6 Å². The second-order valence-electron chi connectivity index (χ2n) is 4.69. The molecule has 0 aromatic heterocycles. The first-order valence-corrected chi connectivity index (χ1v) is 6.02. The third-order valence-corrected chi connectivity index (χ3v) is 2.48. The molecule has 1 aromatic carbocycles. The summed E-state index contributed by atoms with van der Waals surface area (Å²) in [5.74, 6) is -2.04. The highest BCUT2D eigenvalue weighted by atomic mass is 19.1. The van der Waals surface area contributed by atoms with E-state index in [1.807, 2.05) is 25.9 Å². The Hall–Kier alpha value is -1.53. The first-order valence-electron chi connectivity index (χ1n) is 6.02. The molecule has 0 aliphatic carbocycles. The van der Waals surface area contributed by atoms with Crippen molar-refractivity contribution in [2.45, 2.75) is 13.0 Å². The van der Waals surface area contributed by atoms with Gasteiger partial charge in [0.25, 0.3) is 0 Å². The van der Waals surface area contributed by atoms with Crippen molar-refractivity contribution in [3.63, 3.8) is 0 Å². The summed E-state index contributed by atoms with van der Waals surface area (Å²) in [6.07, 6.45) is 0. The second-order valence-corrected chi connectivity index (χ2v) is 4.69. The molecule has 1 amide bonds. The molecule has 6 heteroatoms. The lowest BCUT2D eigenvalue weighted by Crippen LogP contribution is -2.40. The highest BCUT2D eigenvalue weighted by Crippen LogP contribution is 2.17. The Balaban J connectivity index is 2.48. The molecule has 0 aliphatic heterocycles. The van der Waals surface area contributed by atoms with Crippen LogP contribution in [0.1, 0.15) is 6.92 Å². The van der Waals surface area contributed by atoms with Crippen LogP contribution in [0.15, 0.2) is 18.2 Å². The van der Waals surface area contributed by atoms with Gasteiger partial charge in [-0.25, -0.2) is 8.78 Å². The van der Waals surface area contributed by atoms with Crippen LogP contribution in [0.3, 0.4) is 0 Å². The number of amides is 1. The molecule has 0 saturated carbocycles. The average Bonchev–Trinajstić information content (AvgIpc) is 2.30. The number of benzene rings is 1. The zero-order valence-corrected chi connectivity index (χ0v) is 11.3. The summed E-state index contributed by atoms with van der Waals surface area (Å²) in [6.45, 7) is 2.70. The van der Waals surface area contributed by atoms with Crippen LogP contribution in [-0.4, -0.2) is 44.0 Å². The van der Waals surface area contributed by atoms with Crippen molar-refractivity contribution < 1.29 is 13.6 Å². The standard InChI is InChI=1S/C13H19F2N3O/c1-9(8-18(2)3)16-7-12(19)17-13-10(14)5-4-6-11(13)15/h4-6,9,16H,7-8H2,1-3H3,(H,17,19). The molecule has 0 fully saturated rings. The number of carbonyl (C=O) groups is 1. The molecule has 0 spiro atoms. The fraction of sp³-hybridized carbons (Fsp3) is 0.462. The largest absolute Gasteiger partial charge is 0.320 e. The van der Waals surface area contributed by atoms with Gasteiger partial charge in [-0.2, -0.15) is 0 Å². The number of carbonyl (C=O) groups excluding carboxylic acids is 1. The Morgan fingerprint density at radius 3 is 2.42 bits per heavy atom. The summed E-state index contributed by atoms with van der Waals surface area (Å²) in [7, 11) is 3.85. The number of halogens is 2.